The molecule has 0 N–H and O–H groups in total. The van der Waals surface area contributed by atoms with Crippen LogP contribution in [0.15, 0.2) is 54.6 Å². The summed E-state index contributed by atoms with van der Waals surface area (Å²) in [6.45, 7) is -0.341. The number of carbonyl (C=O) groups is 3. The molecular formula is C20H14F3NO4. The Bertz CT molecular complexity index is 931. The summed E-state index contributed by atoms with van der Waals surface area (Å²) in [5, 5.41) is 0. The fourth-order valence-electron chi connectivity index (χ4n) is 2.71. The molecule has 2 aromatic rings. The highest BCUT2D eigenvalue weighted by Crippen LogP contribution is 2.29. The van der Waals surface area contributed by atoms with E-state index in [1.165, 1.54) is 18.2 Å². The van der Waals surface area contributed by atoms with E-state index >= 15 is 0 Å². The van der Waals surface area contributed by atoms with Gasteiger partial charge in [-0.2, -0.15) is 13.2 Å². The number of amides is 2. The van der Waals surface area contributed by atoms with Gasteiger partial charge in [-0.15, -0.1) is 0 Å². The number of ether oxygens (including phenoxy) is 1. The number of hydrogen-bond acceptors (Lipinski definition) is 4. The van der Waals surface area contributed by atoms with E-state index in [1.807, 2.05) is 0 Å². The lowest BCUT2D eigenvalue weighted by molar-refractivity contribution is -0.138. The first kappa shape index (κ1) is 19.3. The average molecular weight is 389 g/mol. The molecule has 5 nitrogen and oxygen atoms in total. The first-order valence-corrected chi connectivity index (χ1v) is 8.24. The van der Waals surface area contributed by atoms with Gasteiger partial charge in [-0.1, -0.05) is 24.3 Å². The third-order valence-electron chi connectivity index (χ3n) is 4.06. The van der Waals surface area contributed by atoms with E-state index in [0.29, 0.717) is 11.1 Å². The molecule has 0 unspecified atom stereocenters. The van der Waals surface area contributed by atoms with Gasteiger partial charge in [0.1, 0.15) is 6.61 Å². The van der Waals surface area contributed by atoms with Crippen molar-refractivity contribution in [3.63, 3.8) is 0 Å². The van der Waals surface area contributed by atoms with E-state index < -0.39 is 29.5 Å². The SMILES string of the molecule is O=C(/C=C\c1cccc(C(F)(F)F)c1)OCCN1C(=O)c2ccccc2C1=O. The quantitative estimate of drug-likeness (QED) is 0.446. The van der Waals surface area contributed by atoms with E-state index in [1.54, 1.807) is 24.3 Å². The van der Waals surface area contributed by atoms with Gasteiger partial charge in [0.2, 0.25) is 0 Å². The van der Waals surface area contributed by atoms with Gasteiger partial charge in [-0.25, -0.2) is 4.79 Å². The topological polar surface area (TPSA) is 63.7 Å². The van der Waals surface area contributed by atoms with Crippen LogP contribution in [0.25, 0.3) is 6.08 Å². The number of rotatable bonds is 5. The zero-order valence-corrected chi connectivity index (χ0v) is 14.4. The Morgan fingerprint density at radius 1 is 1.00 bits per heavy atom. The van der Waals surface area contributed by atoms with Crippen LogP contribution in [-0.4, -0.2) is 35.8 Å². The molecule has 3 rings (SSSR count). The van der Waals surface area contributed by atoms with Crippen LogP contribution >= 0.6 is 0 Å². The maximum atomic E-state index is 12.7. The molecule has 1 heterocycles. The van der Waals surface area contributed by atoms with E-state index in [9.17, 15) is 27.6 Å². The van der Waals surface area contributed by atoms with Gasteiger partial charge in [-0.3, -0.25) is 14.5 Å². The summed E-state index contributed by atoms with van der Waals surface area (Å²) in [5.41, 5.74) is -0.0488. The third-order valence-corrected chi connectivity index (χ3v) is 4.06. The molecule has 0 spiro atoms. The zero-order valence-electron chi connectivity index (χ0n) is 14.4. The molecule has 0 fully saturated rings. The fourth-order valence-corrected chi connectivity index (χ4v) is 2.71. The molecule has 0 radical (unpaired) electrons. The van der Waals surface area contributed by atoms with Crippen molar-refractivity contribution in [1.29, 1.82) is 0 Å². The van der Waals surface area contributed by atoms with Gasteiger partial charge < -0.3 is 4.74 Å². The molecule has 8 heteroatoms. The van der Waals surface area contributed by atoms with E-state index in [0.717, 1.165) is 23.1 Å². The molecule has 0 atom stereocenters. The number of imide groups is 1. The van der Waals surface area contributed by atoms with Crippen LogP contribution in [0, 0.1) is 0 Å². The summed E-state index contributed by atoms with van der Waals surface area (Å²) in [6, 6.07) is 10.9. The van der Waals surface area contributed by atoms with Crippen LogP contribution in [0.5, 0.6) is 0 Å². The van der Waals surface area contributed by atoms with Crippen molar-refractivity contribution in [2.75, 3.05) is 13.2 Å². The Balaban J connectivity index is 1.54. The molecule has 0 saturated heterocycles. The zero-order chi connectivity index (χ0) is 20.3. The standard InChI is InChI=1S/C20H14F3NO4/c21-20(22,23)14-5-3-4-13(12-14)8-9-17(25)28-11-10-24-18(26)15-6-1-2-7-16(15)19(24)27/h1-9,12H,10-11H2/b9-8-. The second kappa shape index (κ2) is 7.67. The molecule has 1 aliphatic heterocycles. The average Bonchev–Trinajstić information content (AvgIpc) is 2.91. The maximum absolute atomic E-state index is 12.7. The lowest BCUT2D eigenvalue weighted by Crippen LogP contribution is -2.33. The molecule has 2 amide bonds. The molecule has 28 heavy (non-hydrogen) atoms. The molecule has 0 aliphatic carbocycles. The second-order valence-electron chi connectivity index (χ2n) is 5.93. The number of nitrogens with zero attached hydrogens (tertiary/aromatic N) is 1. The van der Waals surface area contributed by atoms with Gasteiger partial charge in [0.15, 0.2) is 0 Å². The van der Waals surface area contributed by atoms with Crippen LogP contribution in [0.4, 0.5) is 13.2 Å². The van der Waals surface area contributed by atoms with E-state index in [-0.39, 0.29) is 18.7 Å². The summed E-state index contributed by atoms with van der Waals surface area (Å²) in [5.74, 6) is -1.72. The minimum atomic E-state index is -4.48. The number of halogens is 3. The normalized spacial score (nSPS) is 13.9. The number of benzene rings is 2. The van der Waals surface area contributed by atoms with Gasteiger partial charge in [0, 0.05) is 6.08 Å². The van der Waals surface area contributed by atoms with Crippen molar-refractivity contribution in [3.05, 3.63) is 76.9 Å². The van der Waals surface area contributed by atoms with Gasteiger partial charge in [-0.05, 0) is 35.9 Å². The summed E-state index contributed by atoms with van der Waals surface area (Å²) in [4.78, 5) is 37.0. The first-order valence-electron chi connectivity index (χ1n) is 8.24. The molecule has 0 bridgehead atoms. The Morgan fingerprint density at radius 2 is 1.64 bits per heavy atom. The third kappa shape index (κ3) is 4.11. The highest BCUT2D eigenvalue weighted by atomic mass is 19.4. The summed E-state index contributed by atoms with van der Waals surface area (Å²) < 4.78 is 42.9. The van der Waals surface area contributed by atoms with Crippen molar-refractivity contribution in [3.8, 4) is 0 Å². The molecule has 2 aromatic carbocycles. The predicted octanol–water partition coefficient (Wildman–Crippen LogP) is 3.56. The van der Waals surface area contributed by atoms with Gasteiger partial charge >= 0.3 is 12.1 Å². The molecule has 0 saturated carbocycles. The second-order valence-corrected chi connectivity index (χ2v) is 5.93. The Labute approximate surface area is 158 Å². The van der Waals surface area contributed by atoms with Crippen LogP contribution in [0.1, 0.15) is 31.8 Å². The van der Waals surface area contributed by atoms with Crippen LogP contribution in [-0.2, 0) is 15.7 Å². The summed E-state index contributed by atoms with van der Waals surface area (Å²) >= 11 is 0. The monoisotopic (exact) mass is 389 g/mol. The summed E-state index contributed by atoms with van der Waals surface area (Å²) in [6.07, 6.45) is -2.30. The number of hydrogen-bond donors (Lipinski definition) is 0. The molecular weight excluding hydrogens is 375 g/mol. The number of carbonyl (C=O) groups excluding carboxylic acids is 3. The lowest BCUT2D eigenvalue weighted by atomic mass is 10.1. The molecule has 0 aromatic heterocycles. The Morgan fingerprint density at radius 3 is 2.25 bits per heavy atom. The smallest absolute Gasteiger partial charge is 0.416 e. The van der Waals surface area contributed by atoms with Crippen molar-refractivity contribution in [2.45, 2.75) is 6.18 Å². The van der Waals surface area contributed by atoms with E-state index in [4.69, 9.17) is 4.74 Å². The largest absolute Gasteiger partial charge is 0.461 e. The lowest BCUT2D eigenvalue weighted by Gasteiger charge is -2.13. The van der Waals surface area contributed by atoms with Crippen LogP contribution in [0.2, 0.25) is 0 Å². The number of alkyl halides is 3. The van der Waals surface area contributed by atoms with Crippen LogP contribution < -0.4 is 0 Å². The maximum Gasteiger partial charge on any atom is 0.416 e. The molecule has 1 aliphatic rings. The van der Waals surface area contributed by atoms with E-state index in [2.05, 4.69) is 0 Å². The first-order chi connectivity index (χ1) is 13.3. The summed E-state index contributed by atoms with van der Waals surface area (Å²) in [7, 11) is 0. The van der Waals surface area contributed by atoms with Crippen molar-refractivity contribution < 1.29 is 32.3 Å². The fraction of sp³-hybridized carbons (Fsp3) is 0.150. The highest BCUT2D eigenvalue weighted by Gasteiger charge is 2.34. The van der Waals surface area contributed by atoms with Crippen molar-refractivity contribution >= 4 is 23.9 Å². The number of esters is 1. The minimum Gasteiger partial charge on any atom is -0.461 e. The highest BCUT2D eigenvalue weighted by molar-refractivity contribution is 6.21. The van der Waals surface area contributed by atoms with Crippen molar-refractivity contribution in [2.24, 2.45) is 0 Å². The van der Waals surface area contributed by atoms with Gasteiger partial charge in [0.25, 0.3) is 11.8 Å². The Hall–Kier alpha value is -3.42. The van der Waals surface area contributed by atoms with Gasteiger partial charge in [0.05, 0.1) is 23.2 Å². The minimum absolute atomic E-state index is 0.116. The Kier molecular flexibility index (Phi) is 5.30. The van der Waals surface area contributed by atoms with Crippen LogP contribution in [0.3, 0.4) is 0 Å². The predicted molar refractivity (Wildman–Crippen MR) is 93.2 cm³/mol. The van der Waals surface area contributed by atoms with Crippen molar-refractivity contribution in [1.82, 2.24) is 4.90 Å². The number of fused-ring (bicyclic) bond motifs is 1. The molecule has 144 valence electrons.